The number of aryl methyl sites for hydroxylation is 1. The van der Waals surface area contributed by atoms with Gasteiger partial charge in [-0.25, -0.2) is 0 Å². The van der Waals surface area contributed by atoms with Gasteiger partial charge < -0.3 is 10.0 Å². The molecule has 0 saturated heterocycles. The molecule has 0 aliphatic heterocycles. The molecule has 0 unspecified atom stereocenters. The van der Waals surface area contributed by atoms with E-state index < -0.39 is 0 Å². The first-order valence-corrected chi connectivity index (χ1v) is 5.79. The fraction of sp³-hybridized carbons (Fsp3) is 0.538. The molecule has 0 aromatic heterocycles. The molecule has 84 valence electrons. The monoisotopic (exact) mass is 207 g/mol. The average molecular weight is 207 g/mol. The summed E-state index contributed by atoms with van der Waals surface area (Å²) in [5.41, 5.74) is 2.16. The van der Waals surface area contributed by atoms with Crippen molar-refractivity contribution in [1.82, 2.24) is 0 Å². The quantitative estimate of drug-likeness (QED) is 0.801. The number of phenolic OH excluding ortho intramolecular Hbond substituents is 1. The number of hydrogen-bond acceptors (Lipinski definition) is 2. The maximum absolute atomic E-state index is 9.84. The molecule has 1 aromatic carbocycles. The van der Waals surface area contributed by atoms with Gasteiger partial charge in [0, 0.05) is 24.8 Å². The Morgan fingerprint density at radius 2 is 1.80 bits per heavy atom. The van der Waals surface area contributed by atoms with Crippen molar-refractivity contribution in [2.45, 2.75) is 33.6 Å². The molecule has 0 amide bonds. The molecule has 0 saturated carbocycles. The fourth-order valence-corrected chi connectivity index (χ4v) is 1.82. The smallest absolute Gasteiger partial charge is 0.120 e. The van der Waals surface area contributed by atoms with E-state index in [-0.39, 0.29) is 0 Å². The first-order valence-electron chi connectivity index (χ1n) is 5.79. The molecular weight excluding hydrogens is 186 g/mol. The molecule has 0 heterocycles. The Balaban J connectivity index is 2.89. The van der Waals surface area contributed by atoms with Gasteiger partial charge >= 0.3 is 0 Å². The summed E-state index contributed by atoms with van der Waals surface area (Å²) >= 11 is 0. The minimum Gasteiger partial charge on any atom is -0.508 e. The zero-order valence-corrected chi connectivity index (χ0v) is 9.95. The van der Waals surface area contributed by atoms with E-state index in [1.807, 2.05) is 12.1 Å². The lowest BCUT2D eigenvalue weighted by Crippen LogP contribution is -2.21. The summed E-state index contributed by atoms with van der Waals surface area (Å²) in [6.45, 7) is 8.32. The summed E-state index contributed by atoms with van der Waals surface area (Å²) in [4.78, 5) is 2.23. The predicted molar refractivity (Wildman–Crippen MR) is 65.7 cm³/mol. The van der Waals surface area contributed by atoms with Gasteiger partial charge in [0.05, 0.1) is 0 Å². The summed E-state index contributed by atoms with van der Waals surface area (Å²) in [5, 5.41) is 9.84. The van der Waals surface area contributed by atoms with Crippen LogP contribution in [0, 0.1) is 0 Å². The van der Waals surface area contributed by atoms with E-state index in [4.69, 9.17) is 0 Å². The van der Waals surface area contributed by atoms with Gasteiger partial charge in [0.25, 0.3) is 0 Å². The van der Waals surface area contributed by atoms with Crippen LogP contribution in [0.25, 0.3) is 0 Å². The third-order valence-electron chi connectivity index (χ3n) is 2.72. The second kappa shape index (κ2) is 5.64. The van der Waals surface area contributed by atoms with Crippen LogP contribution in [0.3, 0.4) is 0 Å². The molecule has 0 radical (unpaired) electrons. The highest BCUT2D eigenvalue weighted by Crippen LogP contribution is 2.25. The topological polar surface area (TPSA) is 23.5 Å². The van der Waals surface area contributed by atoms with Gasteiger partial charge in [-0.15, -0.1) is 0 Å². The van der Waals surface area contributed by atoms with Crippen LogP contribution in [0.5, 0.6) is 5.75 Å². The Kier molecular flexibility index (Phi) is 4.47. The summed E-state index contributed by atoms with van der Waals surface area (Å²) in [6, 6.07) is 6.00. The van der Waals surface area contributed by atoms with Gasteiger partial charge in [-0.3, -0.25) is 0 Å². The Morgan fingerprint density at radius 3 is 2.27 bits per heavy atom. The van der Waals surface area contributed by atoms with Crippen molar-refractivity contribution in [2.24, 2.45) is 0 Å². The Labute approximate surface area is 92.5 Å². The van der Waals surface area contributed by atoms with Crippen molar-refractivity contribution in [2.75, 3.05) is 18.0 Å². The first-order chi connectivity index (χ1) is 7.22. The van der Waals surface area contributed by atoms with E-state index in [2.05, 4.69) is 31.7 Å². The molecule has 15 heavy (non-hydrogen) atoms. The summed E-state index contributed by atoms with van der Waals surface area (Å²) in [6.07, 6.45) is 2.02. The third kappa shape index (κ3) is 2.88. The van der Waals surface area contributed by atoms with Crippen LogP contribution in [-0.4, -0.2) is 18.2 Å². The Morgan fingerprint density at radius 1 is 1.13 bits per heavy atom. The SMILES string of the molecule is CCCc1ccc(N(CC)CC)cc1O. The zero-order chi connectivity index (χ0) is 11.3. The summed E-state index contributed by atoms with van der Waals surface area (Å²) < 4.78 is 0. The summed E-state index contributed by atoms with van der Waals surface area (Å²) in [5.74, 6) is 0.432. The van der Waals surface area contributed by atoms with Crippen LogP contribution < -0.4 is 4.90 Å². The molecule has 0 atom stereocenters. The molecule has 0 spiro atoms. The second-order valence-corrected chi connectivity index (χ2v) is 3.74. The van der Waals surface area contributed by atoms with Crippen molar-refractivity contribution in [3.05, 3.63) is 23.8 Å². The van der Waals surface area contributed by atoms with Crippen molar-refractivity contribution in [1.29, 1.82) is 0 Å². The van der Waals surface area contributed by atoms with Gasteiger partial charge in [-0.2, -0.15) is 0 Å². The molecule has 1 aromatic rings. The highest BCUT2D eigenvalue weighted by Gasteiger charge is 2.05. The predicted octanol–water partition coefficient (Wildman–Crippen LogP) is 3.19. The van der Waals surface area contributed by atoms with Crippen molar-refractivity contribution < 1.29 is 5.11 Å². The number of aromatic hydroxyl groups is 1. The number of benzene rings is 1. The highest BCUT2D eigenvalue weighted by molar-refractivity contribution is 5.53. The molecule has 2 heteroatoms. The maximum Gasteiger partial charge on any atom is 0.120 e. The van der Waals surface area contributed by atoms with E-state index in [1.54, 1.807) is 0 Å². The number of nitrogens with zero attached hydrogens (tertiary/aromatic N) is 1. The average Bonchev–Trinajstić information content (AvgIpc) is 2.24. The number of phenols is 1. The van der Waals surface area contributed by atoms with Crippen LogP contribution in [-0.2, 0) is 6.42 Å². The lowest BCUT2D eigenvalue weighted by molar-refractivity contribution is 0.467. The van der Waals surface area contributed by atoms with Crippen LogP contribution in [0.4, 0.5) is 5.69 Å². The van der Waals surface area contributed by atoms with Crippen molar-refractivity contribution >= 4 is 5.69 Å². The van der Waals surface area contributed by atoms with E-state index in [1.165, 1.54) is 0 Å². The van der Waals surface area contributed by atoms with Crippen molar-refractivity contribution in [3.8, 4) is 5.75 Å². The Bertz CT molecular complexity index is 305. The fourth-order valence-electron chi connectivity index (χ4n) is 1.82. The minimum absolute atomic E-state index is 0.432. The molecular formula is C13H21NO. The third-order valence-corrected chi connectivity index (χ3v) is 2.72. The van der Waals surface area contributed by atoms with E-state index >= 15 is 0 Å². The number of hydrogen-bond donors (Lipinski definition) is 1. The highest BCUT2D eigenvalue weighted by atomic mass is 16.3. The van der Waals surface area contributed by atoms with Gasteiger partial charge in [0.2, 0.25) is 0 Å². The van der Waals surface area contributed by atoms with Gasteiger partial charge in [-0.05, 0) is 31.9 Å². The molecule has 1 rings (SSSR count). The minimum atomic E-state index is 0.432. The molecule has 0 bridgehead atoms. The molecule has 0 aliphatic carbocycles. The largest absolute Gasteiger partial charge is 0.508 e. The van der Waals surface area contributed by atoms with Crippen LogP contribution in [0.15, 0.2) is 18.2 Å². The van der Waals surface area contributed by atoms with Gasteiger partial charge in [0.15, 0.2) is 0 Å². The van der Waals surface area contributed by atoms with Gasteiger partial charge in [0.1, 0.15) is 5.75 Å². The number of anilines is 1. The molecule has 2 nitrogen and oxygen atoms in total. The normalized spacial score (nSPS) is 10.3. The molecule has 0 aliphatic rings. The van der Waals surface area contributed by atoms with Crippen molar-refractivity contribution in [3.63, 3.8) is 0 Å². The van der Waals surface area contributed by atoms with E-state index in [9.17, 15) is 5.11 Å². The Hall–Kier alpha value is -1.18. The van der Waals surface area contributed by atoms with E-state index in [0.717, 1.165) is 37.2 Å². The standard InChI is InChI=1S/C13H21NO/c1-4-7-11-8-9-12(10-13(11)15)14(5-2)6-3/h8-10,15H,4-7H2,1-3H3. The van der Waals surface area contributed by atoms with Gasteiger partial charge in [-0.1, -0.05) is 19.4 Å². The number of rotatable bonds is 5. The summed E-state index contributed by atoms with van der Waals surface area (Å²) in [7, 11) is 0. The van der Waals surface area contributed by atoms with Crippen LogP contribution in [0.1, 0.15) is 32.8 Å². The maximum atomic E-state index is 9.84. The van der Waals surface area contributed by atoms with Crippen LogP contribution in [0.2, 0.25) is 0 Å². The molecule has 1 N–H and O–H groups in total. The lowest BCUT2D eigenvalue weighted by Gasteiger charge is -2.21. The second-order valence-electron chi connectivity index (χ2n) is 3.74. The zero-order valence-electron chi connectivity index (χ0n) is 9.95. The lowest BCUT2D eigenvalue weighted by atomic mass is 10.1. The first kappa shape index (κ1) is 11.9. The molecule has 0 fully saturated rings. The van der Waals surface area contributed by atoms with Crippen LogP contribution >= 0.6 is 0 Å². The van der Waals surface area contributed by atoms with E-state index in [0.29, 0.717) is 5.75 Å².